The lowest BCUT2D eigenvalue weighted by Crippen LogP contribution is -2.49. The van der Waals surface area contributed by atoms with Gasteiger partial charge in [-0.15, -0.1) is 0 Å². The highest BCUT2D eigenvalue weighted by molar-refractivity contribution is 5.98. The number of rotatable bonds is 4. The molecule has 0 aromatic carbocycles. The van der Waals surface area contributed by atoms with E-state index in [1.807, 2.05) is 0 Å². The molecule has 0 aliphatic carbocycles. The number of carbonyl (C=O) groups is 3. The van der Waals surface area contributed by atoms with Gasteiger partial charge in [0.1, 0.15) is 6.04 Å². The van der Waals surface area contributed by atoms with E-state index < -0.39 is 17.7 Å². The summed E-state index contributed by atoms with van der Waals surface area (Å²) in [5.74, 6) is -0.639. The van der Waals surface area contributed by atoms with Crippen LogP contribution in [0.15, 0.2) is 12.3 Å². The van der Waals surface area contributed by atoms with E-state index in [9.17, 15) is 14.4 Å². The molecule has 2 heterocycles. The molecule has 0 spiro atoms. The van der Waals surface area contributed by atoms with E-state index in [2.05, 4.69) is 20.9 Å². The predicted molar refractivity (Wildman–Crippen MR) is 79.5 cm³/mol. The molecule has 3 amide bonds. The maximum Gasteiger partial charge on any atom is 0.405 e. The van der Waals surface area contributed by atoms with Crippen molar-refractivity contribution in [2.75, 3.05) is 5.32 Å². The number of hydrogen-bond acceptors (Lipinski definition) is 3. The summed E-state index contributed by atoms with van der Waals surface area (Å²) in [4.78, 5) is 37.9. The number of hydrogen-bond donors (Lipinski definition) is 5. The van der Waals surface area contributed by atoms with E-state index in [1.165, 1.54) is 0 Å². The van der Waals surface area contributed by atoms with Crippen LogP contribution in [-0.4, -0.2) is 39.6 Å². The Morgan fingerprint density at radius 3 is 2.86 bits per heavy atom. The normalized spacial score (nSPS) is 17.9. The fraction of sp³-hybridized carbons (Fsp3) is 0.500. The Kier molecular flexibility index (Phi) is 4.39. The first kappa shape index (κ1) is 15.9. The van der Waals surface area contributed by atoms with E-state index in [0.29, 0.717) is 12.8 Å². The van der Waals surface area contributed by atoms with Crippen molar-refractivity contribution >= 4 is 23.6 Å². The molecule has 120 valence electrons. The number of carbonyl (C=O) groups excluding carboxylic acids is 2. The third-order valence-corrected chi connectivity index (χ3v) is 3.47. The number of H-pyrrole nitrogens is 1. The standard InChI is InChI=1S/C14H20N4O4/c1-14(2,18-13(21)22)7-11(19)16-10-4-3-8-9(5-6-15-8)17-12(10)20/h5-6,10,15,18H,3-4,7H2,1-2H3,(H,16,19)(H,17,20)(H,21,22). The predicted octanol–water partition coefficient (Wildman–Crippen LogP) is 0.820. The van der Waals surface area contributed by atoms with Crippen molar-refractivity contribution in [1.82, 2.24) is 15.6 Å². The molecule has 1 aromatic rings. The molecule has 1 unspecified atom stereocenters. The van der Waals surface area contributed by atoms with Gasteiger partial charge in [0, 0.05) is 23.9 Å². The van der Waals surface area contributed by atoms with Gasteiger partial charge in [0.2, 0.25) is 11.8 Å². The van der Waals surface area contributed by atoms with Gasteiger partial charge in [0.05, 0.1) is 5.69 Å². The molecule has 5 N–H and O–H groups in total. The summed E-state index contributed by atoms with van der Waals surface area (Å²) in [6.45, 7) is 3.22. The summed E-state index contributed by atoms with van der Waals surface area (Å²) in [5, 5.41) is 16.4. The lowest BCUT2D eigenvalue weighted by atomic mass is 10.00. The van der Waals surface area contributed by atoms with Gasteiger partial charge in [-0.25, -0.2) is 4.79 Å². The topological polar surface area (TPSA) is 123 Å². The van der Waals surface area contributed by atoms with E-state index in [4.69, 9.17) is 5.11 Å². The maximum absolute atomic E-state index is 12.1. The van der Waals surface area contributed by atoms with Crippen molar-refractivity contribution in [3.05, 3.63) is 18.0 Å². The van der Waals surface area contributed by atoms with Crippen LogP contribution in [0.1, 0.15) is 32.4 Å². The van der Waals surface area contributed by atoms with E-state index in [0.717, 1.165) is 11.4 Å². The molecule has 8 nitrogen and oxygen atoms in total. The average molecular weight is 308 g/mol. The monoisotopic (exact) mass is 308 g/mol. The van der Waals surface area contributed by atoms with E-state index >= 15 is 0 Å². The SMILES string of the molecule is CC(C)(CC(=O)NC1CCc2[nH]ccc2NC1=O)NC(=O)O. The first-order valence-electron chi connectivity index (χ1n) is 7.04. The number of nitrogens with one attached hydrogen (secondary N) is 4. The number of fused-ring (bicyclic) bond motifs is 1. The molecule has 0 radical (unpaired) electrons. The molecule has 1 aromatic heterocycles. The summed E-state index contributed by atoms with van der Waals surface area (Å²) in [7, 11) is 0. The average Bonchev–Trinajstić information content (AvgIpc) is 2.73. The van der Waals surface area contributed by atoms with Crippen molar-refractivity contribution in [3.63, 3.8) is 0 Å². The Labute approximate surface area is 127 Å². The largest absolute Gasteiger partial charge is 0.465 e. The minimum absolute atomic E-state index is 0.0472. The van der Waals surface area contributed by atoms with Crippen molar-refractivity contribution < 1.29 is 19.5 Å². The molecular formula is C14H20N4O4. The fourth-order valence-electron chi connectivity index (χ4n) is 2.49. The molecule has 2 rings (SSSR count). The Morgan fingerprint density at radius 1 is 1.45 bits per heavy atom. The van der Waals surface area contributed by atoms with Crippen LogP contribution < -0.4 is 16.0 Å². The number of carboxylic acid groups (broad SMARTS) is 1. The van der Waals surface area contributed by atoms with Gasteiger partial charge in [-0.05, 0) is 32.8 Å². The lowest BCUT2D eigenvalue weighted by molar-refractivity contribution is -0.127. The molecule has 1 aliphatic heterocycles. The summed E-state index contributed by atoms with van der Waals surface area (Å²) in [5.41, 5.74) is 0.758. The molecule has 0 bridgehead atoms. The van der Waals surface area contributed by atoms with Crippen LogP contribution in [0.2, 0.25) is 0 Å². The van der Waals surface area contributed by atoms with Crippen LogP contribution in [-0.2, 0) is 16.0 Å². The first-order valence-corrected chi connectivity index (χ1v) is 7.04. The molecule has 22 heavy (non-hydrogen) atoms. The van der Waals surface area contributed by atoms with Crippen molar-refractivity contribution in [2.24, 2.45) is 0 Å². The number of amides is 3. The van der Waals surface area contributed by atoms with Gasteiger partial charge in [0.25, 0.3) is 0 Å². The van der Waals surface area contributed by atoms with Crippen LogP contribution in [0.3, 0.4) is 0 Å². The van der Waals surface area contributed by atoms with Crippen molar-refractivity contribution in [1.29, 1.82) is 0 Å². The van der Waals surface area contributed by atoms with Gasteiger partial charge in [0.15, 0.2) is 0 Å². The third-order valence-electron chi connectivity index (χ3n) is 3.47. The molecule has 1 aliphatic rings. The molecular weight excluding hydrogens is 288 g/mol. The van der Waals surface area contributed by atoms with Crippen molar-refractivity contribution in [2.45, 2.75) is 44.7 Å². The van der Waals surface area contributed by atoms with Gasteiger partial charge in [-0.2, -0.15) is 0 Å². The molecule has 0 saturated heterocycles. The minimum Gasteiger partial charge on any atom is -0.465 e. The highest BCUT2D eigenvalue weighted by Crippen LogP contribution is 2.20. The van der Waals surface area contributed by atoms with Crippen LogP contribution in [0.5, 0.6) is 0 Å². The van der Waals surface area contributed by atoms with Crippen LogP contribution in [0, 0.1) is 0 Å². The molecule has 1 atom stereocenters. The van der Waals surface area contributed by atoms with Gasteiger partial charge < -0.3 is 26.0 Å². The highest BCUT2D eigenvalue weighted by Gasteiger charge is 2.29. The van der Waals surface area contributed by atoms with E-state index in [1.54, 1.807) is 26.1 Å². The minimum atomic E-state index is -1.19. The van der Waals surface area contributed by atoms with Gasteiger partial charge in [-0.3, -0.25) is 9.59 Å². The quantitative estimate of drug-likeness (QED) is 0.565. The van der Waals surface area contributed by atoms with Crippen LogP contribution in [0.25, 0.3) is 0 Å². The second-order valence-electron chi connectivity index (χ2n) is 6.01. The smallest absolute Gasteiger partial charge is 0.405 e. The Bertz CT molecular complexity index is 593. The molecule has 0 saturated carbocycles. The van der Waals surface area contributed by atoms with E-state index in [-0.39, 0.29) is 18.2 Å². The zero-order valence-electron chi connectivity index (χ0n) is 12.5. The van der Waals surface area contributed by atoms with Crippen LogP contribution >= 0.6 is 0 Å². The lowest BCUT2D eigenvalue weighted by Gasteiger charge is -2.25. The fourth-order valence-corrected chi connectivity index (χ4v) is 2.49. The Hall–Kier alpha value is -2.51. The second-order valence-corrected chi connectivity index (χ2v) is 6.01. The first-order chi connectivity index (χ1) is 10.3. The number of aryl methyl sites for hydroxylation is 1. The maximum atomic E-state index is 12.1. The zero-order valence-corrected chi connectivity index (χ0v) is 12.5. The molecule has 8 heteroatoms. The summed E-state index contributed by atoms with van der Waals surface area (Å²) in [6.07, 6.45) is 1.64. The number of anilines is 1. The number of aromatic nitrogens is 1. The number of aromatic amines is 1. The summed E-state index contributed by atoms with van der Waals surface area (Å²) < 4.78 is 0. The van der Waals surface area contributed by atoms with Crippen LogP contribution in [0.4, 0.5) is 10.5 Å². The third kappa shape index (κ3) is 4.00. The Balaban J connectivity index is 1.93. The summed E-state index contributed by atoms with van der Waals surface area (Å²) in [6, 6.07) is 1.14. The van der Waals surface area contributed by atoms with Gasteiger partial charge in [-0.1, -0.05) is 0 Å². The summed E-state index contributed by atoms with van der Waals surface area (Å²) >= 11 is 0. The zero-order chi connectivity index (χ0) is 16.3. The molecule has 0 fully saturated rings. The Morgan fingerprint density at radius 2 is 2.18 bits per heavy atom. The van der Waals surface area contributed by atoms with Crippen molar-refractivity contribution in [3.8, 4) is 0 Å². The highest BCUT2D eigenvalue weighted by atomic mass is 16.4. The van der Waals surface area contributed by atoms with Gasteiger partial charge >= 0.3 is 6.09 Å². The second kappa shape index (κ2) is 6.08.